The van der Waals surface area contributed by atoms with Gasteiger partial charge in [-0.1, -0.05) is 34.1 Å². The molecule has 2 aromatic carbocycles. The third kappa shape index (κ3) is 3.25. The first-order valence-electron chi connectivity index (χ1n) is 6.47. The second-order valence-corrected chi connectivity index (χ2v) is 6.26. The molecule has 0 aromatic heterocycles. The molecule has 4 heteroatoms. The van der Waals surface area contributed by atoms with Gasteiger partial charge in [0, 0.05) is 4.47 Å². The molecular weight excluding hydrogens is 382 g/mol. The van der Waals surface area contributed by atoms with Crippen molar-refractivity contribution >= 4 is 31.9 Å². The Bertz CT molecular complexity index is 613. The van der Waals surface area contributed by atoms with E-state index in [1.54, 1.807) is 0 Å². The molecule has 0 heterocycles. The molecule has 0 spiro atoms. The molecule has 2 rings (SSSR count). The Labute approximate surface area is 136 Å². The molecule has 2 aromatic rings. The van der Waals surface area contributed by atoms with Crippen molar-refractivity contribution in [3.05, 3.63) is 62.0 Å². The fourth-order valence-corrected chi connectivity index (χ4v) is 3.02. The largest absolute Gasteiger partial charge is 0.493 e. The molecular formula is C16H17Br2NO. The predicted molar refractivity (Wildman–Crippen MR) is 90.2 cm³/mol. The number of benzene rings is 2. The minimum absolute atomic E-state index is 0.153. The summed E-state index contributed by atoms with van der Waals surface area (Å²) in [7, 11) is 0. The van der Waals surface area contributed by atoms with Crippen LogP contribution in [0.3, 0.4) is 0 Å². The Kier molecular flexibility index (Phi) is 5.24. The number of hydrogen-bond acceptors (Lipinski definition) is 2. The molecule has 0 amide bonds. The monoisotopic (exact) mass is 397 g/mol. The van der Waals surface area contributed by atoms with E-state index in [-0.39, 0.29) is 6.04 Å². The van der Waals surface area contributed by atoms with Gasteiger partial charge in [0.1, 0.15) is 5.75 Å². The van der Waals surface area contributed by atoms with Crippen molar-refractivity contribution in [2.24, 2.45) is 5.73 Å². The van der Waals surface area contributed by atoms with Crippen LogP contribution >= 0.6 is 31.9 Å². The van der Waals surface area contributed by atoms with Crippen molar-refractivity contribution in [3.8, 4) is 5.75 Å². The molecule has 106 valence electrons. The summed E-state index contributed by atoms with van der Waals surface area (Å²) in [5.74, 6) is 0.842. The molecule has 0 bridgehead atoms. The third-order valence-electron chi connectivity index (χ3n) is 3.26. The van der Waals surface area contributed by atoms with Crippen molar-refractivity contribution in [1.29, 1.82) is 0 Å². The van der Waals surface area contributed by atoms with Gasteiger partial charge in [-0.15, -0.1) is 0 Å². The lowest BCUT2D eigenvalue weighted by atomic mass is 9.96. The van der Waals surface area contributed by atoms with Crippen molar-refractivity contribution < 1.29 is 4.74 Å². The quantitative estimate of drug-likeness (QED) is 0.789. The number of hydrogen-bond donors (Lipinski definition) is 1. The van der Waals surface area contributed by atoms with Crippen LogP contribution in [0, 0.1) is 6.92 Å². The smallest absolute Gasteiger partial charge is 0.133 e. The predicted octanol–water partition coefficient (Wildman–Crippen LogP) is 4.97. The number of halogens is 2. The molecule has 0 aliphatic heterocycles. The van der Waals surface area contributed by atoms with E-state index in [1.807, 2.05) is 37.3 Å². The maximum absolute atomic E-state index is 6.40. The number of rotatable bonds is 4. The lowest BCUT2D eigenvalue weighted by Gasteiger charge is -2.17. The van der Waals surface area contributed by atoms with Gasteiger partial charge in [-0.3, -0.25) is 0 Å². The molecule has 0 saturated heterocycles. The van der Waals surface area contributed by atoms with Crippen LogP contribution in [0.15, 0.2) is 45.3 Å². The van der Waals surface area contributed by atoms with Crippen LogP contribution in [0.4, 0.5) is 0 Å². The van der Waals surface area contributed by atoms with Gasteiger partial charge in [0.2, 0.25) is 0 Å². The van der Waals surface area contributed by atoms with Crippen molar-refractivity contribution in [1.82, 2.24) is 0 Å². The maximum atomic E-state index is 6.40. The molecule has 0 aliphatic rings. The molecule has 0 aliphatic carbocycles. The Hall–Kier alpha value is -0.840. The van der Waals surface area contributed by atoms with Gasteiger partial charge in [-0.05, 0) is 64.7 Å². The molecule has 2 nitrogen and oxygen atoms in total. The zero-order valence-corrected chi connectivity index (χ0v) is 14.7. The molecule has 0 fully saturated rings. The first-order valence-corrected chi connectivity index (χ1v) is 8.06. The number of ether oxygens (including phenoxy) is 1. The standard InChI is InChI=1S/C16H17Br2NO/c1-3-20-15-8-7-11(9-14(15)18)16(19)12-5-4-6-13(17)10(12)2/h4-9,16H,3,19H2,1-2H3. The van der Waals surface area contributed by atoms with E-state index in [2.05, 4.69) is 44.8 Å². The van der Waals surface area contributed by atoms with E-state index < -0.39 is 0 Å². The van der Waals surface area contributed by atoms with E-state index in [0.29, 0.717) is 6.61 Å². The number of nitrogens with two attached hydrogens (primary N) is 1. The first kappa shape index (κ1) is 15.5. The average molecular weight is 399 g/mol. The normalized spacial score (nSPS) is 12.2. The Balaban J connectivity index is 2.36. The lowest BCUT2D eigenvalue weighted by molar-refractivity contribution is 0.338. The fourth-order valence-electron chi connectivity index (χ4n) is 2.12. The van der Waals surface area contributed by atoms with Gasteiger partial charge < -0.3 is 10.5 Å². The zero-order valence-electron chi connectivity index (χ0n) is 11.5. The van der Waals surface area contributed by atoms with Crippen LogP contribution in [-0.2, 0) is 0 Å². The topological polar surface area (TPSA) is 35.2 Å². The van der Waals surface area contributed by atoms with Crippen molar-refractivity contribution in [3.63, 3.8) is 0 Å². The zero-order chi connectivity index (χ0) is 14.7. The summed E-state index contributed by atoms with van der Waals surface area (Å²) in [6.45, 7) is 4.69. The summed E-state index contributed by atoms with van der Waals surface area (Å²) >= 11 is 7.08. The van der Waals surface area contributed by atoms with Gasteiger partial charge in [-0.2, -0.15) is 0 Å². The highest BCUT2D eigenvalue weighted by atomic mass is 79.9. The Morgan fingerprint density at radius 1 is 1.15 bits per heavy atom. The summed E-state index contributed by atoms with van der Waals surface area (Å²) in [4.78, 5) is 0. The summed E-state index contributed by atoms with van der Waals surface area (Å²) in [6.07, 6.45) is 0. The fraction of sp³-hybridized carbons (Fsp3) is 0.250. The second kappa shape index (κ2) is 6.74. The Morgan fingerprint density at radius 2 is 1.90 bits per heavy atom. The van der Waals surface area contributed by atoms with Crippen LogP contribution in [0.2, 0.25) is 0 Å². The third-order valence-corrected chi connectivity index (χ3v) is 4.74. The SMILES string of the molecule is CCOc1ccc(C(N)c2cccc(Br)c2C)cc1Br. The highest BCUT2D eigenvalue weighted by Crippen LogP contribution is 2.32. The average Bonchev–Trinajstić information content (AvgIpc) is 2.43. The minimum atomic E-state index is -0.153. The van der Waals surface area contributed by atoms with Crippen LogP contribution in [0.25, 0.3) is 0 Å². The van der Waals surface area contributed by atoms with Crippen LogP contribution in [0.5, 0.6) is 5.75 Å². The Morgan fingerprint density at radius 3 is 2.55 bits per heavy atom. The van der Waals surface area contributed by atoms with Crippen molar-refractivity contribution in [2.45, 2.75) is 19.9 Å². The van der Waals surface area contributed by atoms with Crippen LogP contribution in [-0.4, -0.2) is 6.61 Å². The highest BCUT2D eigenvalue weighted by molar-refractivity contribution is 9.10. The van der Waals surface area contributed by atoms with Gasteiger partial charge >= 0.3 is 0 Å². The lowest BCUT2D eigenvalue weighted by Crippen LogP contribution is -2.13. The molecule has 20 heavy (non-hydrogen) atoms. The summed E-state index contributed by atoms with van der Waals surface area (Å²) in [5, 5.41) is 0. The van der Waals surface area contributed by atoms with Crippen molar-refractivity contribution in [2.75, 3.05) is 6.61 Å². The van der Waals surface area contributed by atoms with E-state index in [4.69, 9.17) is 10.5 Å². The van der Waals surface area contributed by atoms with Crippen LogP contribution in [0.1, 0.15) is 29.7 Å². The van der Waals surface area contributed by atoms with Gasteiger partial charge in [0.15, 0.2) is 0 Å². The summed E-state index contributed by atoms with van der Waals surface area (Å²) < 4.78 is 7.53. The second-order valence-electron chi connectivity index (χ2n) is 4.55. The molecule has 2 N–H and O–H groups in total. The van der Waals surface area contributed by atoms with E-state index in [0.717, 1.165) is 25.8 Å². The molecule has 1 unspecified atom stereocenters. The van der Waals surface area contributed by atoms with Gasteiger partial charge in [0.25, 0.3) is 0 Å². The van der Waals surface area contributed by atoms with Gasteiger partial charge in [0.05, 0.1) is 17.1 Å². The molecule has 1 atom stereocenters. The van der Waals surface area contributed by atoms with E-state index in [9.17, 15) is 0 Å². The maximum Gasteiger partial charge on any atom is 0.133 e. The summed E-state index contributed by atoms with van der Waals surface area (Å²) in [6, 6.07) is 11.9. The van der Waals surface area contributed by atoms with E-state index in [1.165, 1.54) is 5.56 Å². The minimum Gasteiger partial charge on any atom is -0.493 e. The molecule has 0 saturated carbocycles. The van der Waals surface area contributed by atoms with Crippen LogP contribution < -0.4 is 10.5 Å². The highest BCUT2D eigenvalue weighted by Gasteiger charge is 2.14. The first-order chi connectivity index (χ1) is 9.54. The molecule has 0 radical (unpaired) electrons. The van der Waals surface area contributed by atoms with E-state index >= 15 is 0 Å². The summed E-state index contributed by atoms with van der Waals surface area (Å²) in [5.41, 5.74) is 9.75. The van der Waals surface area contributed by atoms with Gasteiger partial charge in [-0.25, -0.2) is 0 Å².